The average molecular weight is 733 g/mol. The van der Waals surface area contributed by atoms with Crippen LogP contribution in [0.5, 0.6) is 11.5 Å². The Balaban J connectivity index is 1.29. The van der Waals surface area contributed by atoms with E-state index in [1.54, 1.807) is 0 Å². The molecule has 5 aromatic rings. The number of hydrogen-bond acceptors (Lipinski definition) is 3. The van der Waals surface area contributed by atoms with E-state index < -0.39 is 0 Å². The molecule has 0 fully saturated rings. The first-order valence-corrected chi connectivity index (χ1v) is 19.5. The summed E-state index contributed by atoms with van der Waals surface area (Å²) in [5.41, 5.74) is 8.03. The van der Waals surface area contributed by atoms with Crippen LogP contribution in [0.25, 0.3) is 22.3 Å². The first-order valence-electron chi connectivity index (χ1n) is 18.7. The van der Waals surface area contributed by atoms with Crippen molar-refractivity contribution in [2.24, 2.45) is 11.8 Å². The first-order chi connectivity index (χ1) is 24.5. The fourth-order valence-electron chi connectivity index (χ4n) is 6.35. The van der Waals surface area contributed by atoms with Gasteiger partial charge in [0.15, 0.2) is 0 Å². The van der Waals surface area contributed by atoms with E-state index in [-0.39, 0.29) is 0 Å². The molecule has 0 aliphatic carbocycles. The van der Waals surface area contributed by atoms with Crippen LogP contribution in [-0.2, 0) is 0 Å². The molecular formula is C46H54BrNO2. The third kappa shape index (κ3) is 10.5. The Bertz CT molecular complexity index is 1570. The minimum atomic E-state index is 0.622. The van der Waals surface area contributed by atoms with Crippen LogP contribution in [-0.4, -0.2) is 13.2 Å². The summed E-state index contributed by atoms with van der Waals surface area (Å²) in [4.78, 5) is 2.30. The molecule has 0 bridgehead atoms. The van der Waals surface area contributed by atoms with Crippen molar-refractivity contribution in [2.75, 3.05) is 18.1 Å². The minimum absolute atomic E-state index is 0.622. The number of ether oxygens (including phenoxy) is 2. The summed E-state index contributed by atoms with van der Waals surface area (Å²) in [5.74, 6) is 3.13. The van der Waals surface area contributed by atoms with Crippen LogP contribution in [0.4, 0.5) is 17.1 Å². The van der Waals surface area contributed by atoms with Gasteiger partial charge in [0.25, 0.3) is 0 Å². The lowest BCUT2D eigenvalue weighted by Gasteiger charge is -2.26. The zero-order valence-electron chi connectivity index (χ0n) is 30.4. The van der Waals surface area contributed by atoms with Crippen LogP contribution in [0.1, 0.15) is 79.1 Å². The Hall–Kier alpha value is -4.02. The average Bonchev–Trinajstić information content (AvgIpc) is 3.17. The molecule has 50 heavy (non-hydrogen) atoms. The molecule has 0 aliphatic heterocycles. The zero-order chi connectivity index (χ0) is 35.1. The van der Waals surface area contributed by atoms with E-state index >= 15 is 0 Å². The van der Waals surface area contributed by atoms with Gasteiger partial charge in [0, 0.05) is 21.5 Å². The van der Waals surface area contributed by atoms with Gasteiger partial charge in [-0.15, -0.1) is 0 Å². The van der Waals surface area contributed by atoms with Gasteiger partial charge in [0.1, 0.15) is 11.5 Å². The number of anilines is 3. The molecule has 0 radical (unpaired) electrons. The van der Waals surface area contributed by atoms with Crippen molar-refractivity contribution in [3.63, 3.8) is 0 Å². The van der Waals surface area contributed by atoms with Crippen molar-refractivity contribution in [2.45, 2.75) is 79.1 Å². The Labute approximate surface area is 309 Å². The molecule has 262 valence electrons. The summed E-state index contributed by atoms with van der Waals surface area (Å²) in [5, 5.41) is 0. The highest BCUT2D eigenvalue weighted by Gasteiger charge is 2.14. The first kappa shape index (κ1) is 37.2. The largest absolute Gasteiger partial charge is 0.493 e. The van der Waals surface area contributed by atoms with Gasteiger partial charge in [-0.2, -0.15) is 0 Å². The Morgan fingerprint density at radius 1 is 0.460 bits per heavy atom. The van der Waals surface area contributed by atoms with Crippen molar-refractivity contribution < 1.29 is 9.47 Å². The van der Waals surface area contributed by atoms with E-state index in [0.29, 0.717) is 11.8 Å². The van der Waals surface area contributed by atoms with E-state index in [4.69, 9.17) is 9.47 Å². The second-order valence-corrected chi connectivity index (χ2v) is 14.3. The number of nitrogens with zero attached hydrogens (tertiary/aromatic N) is 1. The lowest BCUT2D eigenvalue weighted by atomic mass is 10.0. The van der Waals surface area contributed by atoms with E-state index in [1.807, 2.05) is 0 Å². The third-order valence-electron chi connectivity index (χ3n) is 9.77. The normalized spacial score (nSPS) is 12.3. The van der Waals surface area contributed by atoms with Crippen LogP contribution in [0.2, 0.25) is 0 Å². The maximum absolute atomic E-state index is 6.16. The Morgan fingerprint density at radius 3 is 1.10 bits per heavy atom. The molecule has 0 N–H and O–H groups in total. The van der Waals surface area contributed by atoms with Crippen LogP contribution < -0.4 is 14.4 Å². The fourth-order valence-corrected chi connectivity index (χ4v) is 6.62. The minimum Gasteiger partial charge on any atom is -0.493 e. The van der Waals surface area contributed by atoms with E-state index in [9.17, 15) is 0 Å². The van der Waals surface area contributed by atoms with Gasteiger partial charge in [-0.25, -0.2) is 0 Å². The summed E-state index contributed by atoms with van der Waals surface area (Å²) in [6.45, 7) is 10.6. The molecule has 4 heteroatoms. The maximum Gasteiger partial charge on any atom is 0.119 e. The lowest BCUT2D eigenvalue weighted by Crippen LogP contribution is -2.11. The van der Waals surface area contributed by atoms with Crippen LogP contribution in [0, 0.1) is 11.8 Å². The molecule has 5 rings (SSSR count). The van der Waals surface area contributed by atoms with Gasteiger partial charge in [-0.3, -0.25) is 0 Å². The molecule has 0 amide bonds. The lowest BCUT2D eigenvalue weighted by molar-refractivity contribution is 0.233. The number of benzene rings is 5. The molecule has 3 nitrogen and oxygen atoms in total. The predicted molar refractivity (Wildman–Crippen MR) is 217 cm³/mol. The summed E-state index contributed by atoms with van der Waals surface area (Å²) in [7, 11) is 0. The SMILES string of the molecule is CCCCC(CC)COc1ccc(-c2ccc(N(c3ccc(Br)cc3)c3ccc(-c4ccc(OCC(CC)CCCC)cc4)cc3)cc2)cc1. The van der Waals surface area contributed by atoms with Crippen LogP contribution >= 0.6 is 15.9 Å². The van der Waals surface area contributed by atoms with E-state index in [0.717, 1.165) is 59.1 Å². The molecule has 0 aliphatic rings. The molecular weight excluding hydrogens is 678 g/mol. The quantitative estimate of drug-likeness (QED) is 0.0844. The van der Waals surface area contributed by atoms with Crippen molar-refractivity contribution in [3.8, 4) is 33.8 Å². The van der Waals surface area contributed by atoms with Crippen LogP contribution in [0.3, 0.4) is 0 Å². The molecule has 0 saturated carbocycles. The molecule has 0 heterocycles. The summed E-state index contributed by atoms with van der Waals surface area (Å²) < 4.78 is 13.4. The molecule has 0 aromatic heterocycles. The van der Waals surface area contributed by atoms with Gasteiger partial charge >= 0.3 is 0 Å². The van der Waals surface area contributed by atoms with E-state index in [2.05, 4.69) is 170 Å². The van der Waals surface area contributed by atoms with Crippen molar-refractivity contribution in [3.05, 3.63) is 126 Å². The Morgan fingerprint density at radius 2 is 0.780 bits per heavy atom. The number of halogens is 1. The summed E-state index contributed by atoms with van der Waals surface area (Å²) in [6.07, 6.45) is 9.81. The highest BCUT2D eigenvalue weighted by atomic mass is 79.9. The van der Waals surface area contributed by atoms with Crippen LogP contribution in [0.15, 0.2) is 126 Å². The molecule has 2 atom stereocenters. The standard InChI is InChI=1S/C46H54BrNO2/c1-5-9-11-35(7-3)33-49-45-29-17-39(18-30-45)37-13-23-42(24-14-37)48(44-27-21-41(47)22-28-44)43-25-15-38(16-26-43)40-19-31-46(32-20-40)50-34-36(8-4)12-10-6-2/h13-32,35-36H,5-12,33-34H2,1-4H3. The molecule has 2 unspecified atom stereocenters. The van der Waals surface area contributed by atoms with Crippen molar-refractivity contribution in [1.82, 2.24) is 0 Å². The summed E-state index contributed by atoms with van der Waals surface area (Å²) >= 11 is 3.61. The van der Waals surface area contributed by atoms with Gasteiger partial charge < -0.3 is 14.4 Å². The highest BCUT2D eigenvalue weighted by Crippen LogP contribution is 2.37. The zero-order valence-corrected chi connectivity index (χ0v) is 32.0. The maximum atomic E-state index is 6.16. The molecule has 0 saturated heterocycles. The molecule has 5 aromatic carbocycles. The van der Waals surface area contributed by atoms with Gasteiger partial charge in [-0.05, 0) is 120 Å². The second-order valence-electron chi connectivity index (χ2n) is 13.4. The Kier molecular flexibility index (Phi) is 14.4. The van der Waals surface area contributed by atoms with Gasteiger partial charge in [-0.1, -0.05) is 131 Å². The number of rotatable bonds is 19. The van der Waals surface area contributed by atoms with Gasteiger partial charge in [0.05, 0.1) is 13.2 Å². The monoisotopic (exact) mass is 731 g/mol. The van der Waals surface area contributed by atoms with Crippen molar-refractivity contribution in [1.29, 1.82) is 0 Å². The smallest absolute Gasteiger partial charge is 0.119 e. The predicted octanol–water partition coefficient (Wildman–Crippen LogP) is 14.4. The van der Waals surface area contributed by atoms with Crippen molar-refractivity contribution >= 4 is 33.0 Å². The second kappa shape index (κ2) is 19.4. The third-order valence-corrected chi connectivity index (χ3v) is 10.3. The van der Waals surface area contributed by atoms with E-state index in [1.165, 1.54) is 60.8 Å². The number of unbranched alkanes of at least 4 members (excludes halogenated alkanes) is 2. The fraction of sp³-hybridized carbons (Fsp3) is 0.348. The highest BCUT2D eigenvalue weighted by molar-refractivity contribution is 9.10. The topological polar surface area (TPSA) is 21.7 Å². The molecule has 0 spiro atoms. The summed E-state index contributed by atoms with van der Waals surface area (Å²) in [6, 6.07) is 43.2. The van der Waals surface area contributed by atoms with Gasteiger partial charge in [0.2, 0.25) is 0 Å². The number of hydrogen-bond donors (Lipinski definition) is 0.